The molecule has 0 saturated carbocycles. The topological polar surface area (TPSA) is 63.7 Å². The molecule has 2 heterocycles. The number of pyridine rings is 1. The highest BCUT2D eigenvalue weighted by Gasteiger charge is 2.25. The standard InChI is InChI=1S/C23H31N3O3.ClH/c1-28-21-14-18(15-22(16-21)29-2)8-9-23(27)26(17-19-6-3-4-12-25-19)20-7-5-11-24-13-10-20;/h3-4,6,12,14-16,20,24H,5,7-11,13,17H2,1-2H3;1H. The lowest BCUT2D eigenvalue weighted by molar-refractivity contribution is -0.134. The first-order valence-electron chi connectivity index (χ1n) is 10.3. The number of aryl methyl sites for hydroxylation is 1. The van der Waals surface area contributed by atoms with Crippen molar-refractivity contribution in [1.82, 2.24) is 15.2 Å². The molecule has 6 nitrogen and oxygen atoms in total. The Bertz CT molecular complexity index is 758. The van der Waals surface area contributed by atoms with E-state index in [-0.39, 0.29) is 24.4 Å². The third kappa shape index (κ3) is 6.89. The van der Waals surface area contributed by atoms with Crippen LogP contribution in [-0.4, -0.2) is 49.1 Å². The fourth-order valence-electron chi connectivity index (χ4n) is 3.81. The second-order valence-corrected chi connectivity index (χ2v) is 7.40. The molecule has 1 aliphatic rings. The zero-order valence-corrected chi connectivity index (χ0v) is 18.6. The first-order valence-corrected chi connectivity index (χ1v) is 10.3. The molecule has 1 N–H and O–H groups in total. The van der Waals surface area contributed by atoms with Crippen LogP contribution in [0, 0.1) is 0 Å². The van der Waals surface area contributed by atoms with E-state index in [4.69, 9.17) is 9.47 Å². The molecule has 1 aromatic heterocycles. The first kappa shape index (κ1) is 24.0. The molecule has 1 aromatic carbocycles. The second-order valence-electron chi connectivity index (χ2n) is 7.40. The Morgan fingerprint density at radius 2 is 1.90 bits per heavy atom. The smallest absolute Gasteiger partial charge is 0.223 e. The van der Waals surface area contributed by atoms with Gasteiger partial charge in [-0.25, -0.2) is 0 Å². The Kier molecular flexibility index (Phi) is 9.91. The number of aromatic nitrogens is 1. The van der Waals surface area contributed by atoms with Crippen LogP contribution in [0.2, 0.25) is 0 Å². The van der Waals surface area contributed by atoms with Crippen molar-refractivity contribution in [1.29, 1.82) is 0 Å². The molecule has 0 spiro atoms. The van der Waals surface area contributed by atoms with Crippen LogP contribution in [0.5, 0.6) is 11.5 Å². The number of nitrogens with one attached hydrogen (secondary N) is 1. The third-order valence-corrected chi connectivity index (χ3v) is 5.40. The molecule has 1 unspecified atom stereocenters. The van der Waals surface area contributed by atoms with E-state index in [2.05, 4.69) is 10.3 Å². The Hall–Kier alpha value is -2.31. The van der Waals surface area contributed by atoms with Gasteiger partial charge in [-0.05, 0) is 68.6 Å². The number of carbonyl (C=O) groups excluding carboxylic acids is 1. The summed E-state index contributed by atoms with van der Waals surface area (Å²) in [6, 6.07) is 11.9. The van der Waals surface area contributed by atoms with Crippen LogP contribution in [0.1, 0.15) is 36.9 Å². The first-order chi connectivity index (χ1) is 14.2. The van der Waals surface area contributed by atoms with Gasteiger partial charge in [0.05, 0.1) is 26.5 Å². The SMILES string of the molecule is COc1cc(CCC(=O)N(Cc2ccccn2)C2CCCNCC2)cc(OC)c1.Cl. The Balaban J connectivity index is 0.00000320. The molecule has 3 rings (SSSR count). The van der Waals surface area contributed by atoms with Gasteiger partial charge in [0.15, 0.2) is 0 Å². The monoisotopic (exact) mass is 433 g/mol. The Labute approximate surface area is 185 Å². The summed E-state index contributed by atoms with van der Waals surface area (Å²) in [6.45, 7) is 2.53. The van der Waals surface area contributed by atoms with Crippen LogP contribution >= 0.6 is 12.4 Å². The van der Waals surface area contributed by atoms with E-state index < -0.39 is 0 Å². The maximum Gasteiger partial charge on any atom is 0.223 e. The summed E-state index contributed by atoms with van der Waals surface area (Å²) in [5.74, 6) is 1.66. The summed E-state index contributed by atoms with van der Waals surface area (Å²) in [5, 5.41) is 3.44. The predicted molar refractivity (Wildman–Crippen MR) is 120 cm³/mol. The van der Waals surface area contributed by atoms with Gasteiger partial charge in [-0.2, -0.15) is 0 Å². The molecule has 1 atom stereocenters. The molecule has 30 heavy (non-hydrogen) atoms. The van der Waals surface area contributed by atoms with Crippen LogP contribution in [0.15, 0.2) is 42.6 Å². The number of hydrogen-bond donors (Lipinski definition) is 1. The van der Waals surface area contributed by atoms with E-state index in [0.717, 1.165) is 55.1 Å². The molecule has 0 bridgehead atoms. The third-order valence-electron chi connectivity index (χ3n) is 5.40. The van der Waals surface area contributed by atoms with E-state index in [1.807, 2.05) is 41.3 Å². The van der Waals surface area contributed by atoms with Crippen LogP contribution in [0.3, 0.4) is 0 Å². The minimum Gasteiger partial charge on any atom is -0.497 e. The lowest BCUT2D eigenvalue weighted by Crippen LogP contribution is -2.40. The van der Waals surface area contributed by atoms with E-state index >= 15 is 0 Å². The zero-order valence-electron chi connectivity index (χ0n) is 17.8. The minimum absolute atomic E-state index is 0. The van der Waals surface area contributed by atoms with Gasteiger partial charge in [0.1, 0.15) is 11.5 Å². The Morgan fingerprint density at radius 1 is 1.13 bits per heavy atom. The van der Waals surface area contributed by atoms with Gasteiger partial charge in [0.25, 0.3) is 0 Å². The van der Waals surface area contributed by atoms with Crippen LogP contribution in [0.4, 0.5) is 0 Å². The molecule has 164 valence electrons. The molecular weight excluding hydrogens is 402 g/mol. The number of halogens is 1. The number of benzene rings is 1. The van der Waals surface area contributed by atoms with Crippen LogP contribution in [-0.2, 0) is 17.8 Å². The van der Waals surface area contributed by atoms with Crippen molar-refractivity contribution >= 4 is 18.3 Å². The number of ether oxygens (including phenoxy) is 2. The van der Waals surface area contributed by atoms with Crippen molar-refractivity contribution in [3.05, 3.63) is 53.9 Å². The summed E-state index contributed by atoms with van der Waals surface area (Å²) in [5.41, 5.74) is 1.97. The van der Waals surface area contributed by atoms with Crippen molar-refractivity contribution in [2.75, 3.05) is 27.3 Å². The van der Waals surface area contributed by atoms with Crippen molar-refractivity contribution in [3.8, 4) is 11.5 Å². The molecule has 1 saturated heterocycles. The van der Waals surface area contributed by atoms with Crippen molar-refractivity contribution in [2.24, 2.45) is 0 Å². The molecule has 1 fully saturated rings. The van der Waals surface area contributed by atoms with Gasteiger partial charge in [-0.15, -0.1) is 12.4 Å². The van der Waals surface area contributed by atoms with Crippen LogP contribution in [0.25, 0.3) is 0 Å². The zero-order chi connectivity index (χ0) is 20.5. The molecule has 1 aliphatic heterocycles. The van der Waals surface area contributed by atoms with Crippen molar-refractivity contribution in [3.63, 3.8) is 0 Å². The van der Waals surface area contributed by atoms with Gasteiger partial charge in [-0.3, -0.25) is 9.78 Å². The highest BCUT2D eigenvalue weighted by Crippen LogP contribution is 2.24. The van der Waals surface area contributed by atoms with Gasteiger partial charge in [0, 0.05) is 24.7 Å². The van der Waals surface area contributed by atoms with Gasteiger partial charge in [-0.1, -0.05) is 6.07 Å². The number of amides is 1. The van der Waals surface area contributed by atoms with Crippen molar-refractivity contribution in [2.45, 2.75) is 44.7 Å². The fraction of sp³-hybridized carbons (Fsp3) is 0.478. The molecule has 0 radical (unpaired) electrons. The normalized spacial score (nSPS) is 16.1. The lowest BCUT2D eigenvalue weighted by Gasteiger charge is -2.31. The quantitative estimate of drug-likeness (QED) is 0.688. The number of carbonyl (C=O) groups is 1. The molecular formula is C23H32ClN3O3. The highest BCUT2D eigenvalue weighted by molar-refractivity contribution is 5.85. The van der Waals surface area contributed by atoms with Gasteiger partial charge >= 0.3 is 0 Å². The average Bonchev–Trinajstić information content (AvgIpc) is 3.05. The number of rotatable bonds is 8. The lowest BCUT2D eigenvalue weighted by atomic mass is 10.0. The van der Waals surface area contributed by atoms with Gasteiger partial charge < -0.3 is 19.7 Å². The molecule has 2 aromatic rings. The minimum atomic E-state index is 0. The van der Waals surface area contributed by atoms with Gasteiger partial charge in [0.2, 0.25) is 5.91 Å². The maximum absolute atomic E-state index is 13.3. The maximum atomic E-state index is 13.3. The van der Waals surface area contributed by atoms with Crippen LogP contribution < -0.4 is 14.8 Å². The summed E-state index contributed by atoms with van der Waals surface area (Å²) in [7, 11) is 3.27. The summed E-state index contributed by atoms with van der Waals surface area (Å²) >= 11 is 0. The Morgan fingerprint density at radius 3 is 2.57 bits per heavy atom. The van der Waals surface area contributed by atoms with E-state index in [1.54, 1.807) is 20.4 Å². The fourth-order valence-corrected chi connectivity index (χ4v) is 3.81. The second kappa shape index (κ2) is 12.4. The molecule has 1 amide bonds. The number of nitrogens with zero attached hydrogens (tertiary/aromatic N) is 2. The molecule has 0 aliphatic carbocycles. The van der Waals surface area contributed by atoms with E-state index in [9.17, 15) is 4.79 Å². The summed E-state index contributed by atoms with van der Waals surface area (Å²) in [6.07, 6.45) is 5.98. The van der Waals surface area contributed by atoms with E-state index in [1.165, 1.54) is 0 Å². The largest absolute Gasteiger partial charge is 0.497 e. The number of methoxy groups -OCH3 is 2. The predicted octanol–water partition coefficient (Wildman–Crippen LogP) is 3.62. The highest BCUT2D eigenvalue weighted by atomic mass is 35.5. The summed E-state index contributed by atoms with van der Waals surface area (Å²) < 4.78 is 10.7. The van der Waals surface area contributed by atoms with E-state index in [0.29, 0.717) is 19.4 Å². The summed E-state index contributed by atoms with van der Waals surface area (Å²) in [4.78, 5) is 19.7. The molecule has 7 heteroatoms. The number of hydrogen-bond acceptors (Lipinski definition) is 5. The van der Waals surface area contributed by atoms with Crippen molar-refractivity contribution < 1.29 is 14.3 Å². The average molecular weight is 434 g/mol.